The van der Waals surface area contributed by atoms with E-state index >= 15 is 0 Å². The summed E-state index contributed by atoms with van der Waals surface area (Å²) < 4.78 is 16.6. The molecule has 0 fully saturated rings. The smallest absolute Gasteiger partial charge is 0.333 e. The molecule has 0 aliphatic carbocycles. The molecule has 0 spiro atoms. The lowest BCUT2D eigenvalue weighted by Gasteiger charge is -2.16. The average Bonchev–Trinajstić information content (AvgIpc) is 2.78. The van der Waals surface area contributed by atoms with Gasteiger partial charge in [-0.1, -0.05) is 37.1 Å². The molecule has 2 aromatic rings. The summed E-state index contributed by atoms with van der Waals surface area (Å²) in [7, 11) is 0. The van der Waals surface area contributed by atoms with E-state index in [1.165, 1.54) is 0 Å². The highest BCUT2D eigenvalue weighted by molar-refractivity contribution is 6.34. The number of rotatable bonds is 14. The maximum Gasteiger partial charge on any atom is 0.333 e. The molecule has 0 heterocycles. The van der Waals surface area contributed by atoms with Gasteiger partial charge in [0.1, 0.15) is 11.5 Å². The van der Waals surface area contributed by atoms with E-state index in [9.17, 15) is 14.7 Å². The second-order valence-electron chi connectivity index (χ2n) is 7.39. The molecule has 0 bridgehead atoms. The van der Waals surface area contributed by atoms with Gasteiger partial charge in [0.25, 0.3) is 5.91 Å². The third-order valence-electron chi connectivity index (χ3n) is 4.87. The molecule has 1 atom stereocenters. The number of amides is 1. The summed E-state index contributed by atoms with van der Waals surface area (Å²) in [6.07, 6.45) is 1.02. The van der Waals surface area contributed by atoms with Gasteiger partial charge in [-0.15, -0.1) is 0 Å². The number of hydrogen-bond donors (Lipinski definition) is 2. The van der Waals surface area contributed by atoms with Crippen LogP contribution in [0.4, 0.5) is 0 Å². The number of halogens is 1. The van der Waals surface area contributed by atoms with Gasteiger partial charge in [-0.3, -0.25) is 4.79 Å². The molecule has 0 saturated heterocycles. The Morgan fingerprint density at radius 3 is 2.45 bits per heavy atom. The van der Waals surface area contributed by atoms with E-state index in [-0.39, 0.29) is 18.9 Å². The topological polar surface area (TPSA) is 94.1 Å². The summed E-state index contributed by atoms with van der Waals surface area (Å²) in [5, 5.41) is 12.7. The van der Waals surface area contributed by atoms with Gasteiger partial charge < -0.3 is 24.6 Å². The summed E-state index contributed by atoms with van der Waals surface area (Å²) >= 11 is 6.25. The molecule has 33 heavy (non-hydrogen) atoms. The Morgan fingerprint density at radius 1 is 1.06 bits per heavy atom. The summed E-state index contributed by atoms with van der Waals surface area (Å²) in [5.41, 5.74) is 1.86. The van der Waals surface area contributed by atoms with E-state index in [1.54, 1.807) is 24.3 Å². The number of nitrogens with one attached hydrogen (secondary N) is 1. The minimum absolute atomic E-state index is 0.194. The maximum absolute atomic E-state index is 12.7. The standard InChI is InChI=1S/C25H32ClNO6/c1-4-7-12-33-23(25(29)30)14-17-8-11-22(32-6-3)18(13-17)16-27-24(28)20-10-9-19(31-5-2)15-21(20)26/h8-11,13,15,23H,4-7,12,14,16H2,1-3H3,(H,27,28)(H,29,30). The third-order valence-corrected chi connectivity index (χ3v) is 5.19. The molecule has 8 heteroatoms. The van der Waals surface area contributed by atoms with Crippen molar-refractivity contribution in [3.63, 3.8) is 0 Å². The number of benzene rings is 2. The zero-order valence-electron chi connectivity index (χ0n) is 19.4. The Kier molecular flexibility index (Phi) is 11.0. The summed E-state index contributed by atoms with van der Waals surface area (Å²) in [5.74, 6) is -0.111. The van der Waals surface area contributed by atoms with E-state index in [1.807, 2.05) is 32.9 Å². The monoisotopic (exact) mass is 477 g/mol. The number of carboxylic acids is 1. The van der Waals surface area contributed by atoms with Crippen LogP contribution >= 0.6 is 11.6 Å². The van der Waals surface area contributed by atoms with Crippen molar-refractivity contribution >= 4 is 23.5 Å². The molecule has 2 aromatic carbocycles. The number of ether oxygens (including phenoxy) is 3. The minimum Gasteiger partial charge on any atom is -0.494 e. The Balaban J connectivity index is 2.14. The predicted molar refractivity (Wildman–Crippen MR) is 127 cm³/mol. The second-order valence-corrected chi connectivity index (χ2v) is 7.79. The SMILES string of the molecule is CCCCOC(Cc1ccc(OCC)c(CNC(=O)c2ccc(OCC)cc2Cl)c1)C(=O)O. The van der Waals surface area contributed by atoms with Crippen LogP contribution in [0.5, 0.6) is 11.5 Å². The second kappa shape index (κ2) is 13.7. The Labute approximate surface area is 200 Å². The first-order chi connectivity index (χ1) is 15.9. The lowest BCUT2D eigenvalue weighted by Crippen LogP contribution is -2.27. The van der Waals surface area contributed by atoms with Crippen LogP contribution in [0, 0.1) is 0 Å². The van der Waals surface area contributed by atoms with Crippen molar-refractivity contribution in [2.75, 3.05) is 19.8 Å². The van der Waals surface area contributed by atoms with E-state index in [0.717, 1.165) is 24.0 Å². The van der Waals surface area contributed by atoms with Crippen LogP contribution < -0.4 is 14.8 Å². The highest BCUT2D eigenvalue weighted by atomic mass is 35.5. The van der Waals surface area contributed by atoms with Crippen molar-refractivity contribution in [2.45, 2.75) is 52.7 Å². The molecule has 0 saturated carbocycles. The quantitative estimate of drug-likeness (QED) is 0.376. The Hall–Kier alpha value is -2.77. The van der Waals surface area contributed by atoms with Gasteiger partial charge in [0.2, 0.25) is 0 Å². The van der Waals surface area contributed by atoms with Crippen LogP contribution in [0.2, 0.25) is 5.02 Å². The van der Waals surface area contributed by atoms with Gasteiger partial charge in [-0.2, -0.15) is 0 Å². The summed E-state index contributed by atoms with van der Waals surface area (Å²) in [6.45, 7) is 7.32. The predicted octanol–water partition coefficient (Wildman–Crippen LogP) is 4.88. The summed E-state index contributed by atoms with van der Waals surface area (Å²) in [4.78, 5) is 24.3. The fourth-order valence-electron chi connectivity index (χ4n) is 3.20. The van der Waals surface area contributed by atoms with Crippen molar-refractivity contribution in [3.8, 4) is 11.5 Å². The normalized spacial score (nSPS) is 11.6. The van der Waals surface area contributed by atoms with Crippen molar-refractivity contribution < 1.29 is 28.9 Å². The first kappa shape index (κ1) is 26.5. The molecular formula is C25H32ClNO6. The van der Waals surface area contributed by atoms with Gasteiger partial charge in [0.15, 0.2) is 6.10 Å². The molecule has 0 aromatic heterocycles. The highest BCUT2D eigenvalue weighted by Gasteiger charge is 2.20. The fourth-order valence-corrected chi connectivity index (χ4v) is 3.46. The third kappa shape index (κ3) is 8.26. The lowest BCUT2D eigenvalue weighted by molar-refractivity contribution is -0.150. The van der Waals surface area contributed by atoms with Crippen LogP contribution in [0.15, 0.2) is 36.4 Å². The van der Waals surface area contributed by atoms with Crippen molar-refractivity contribution in [1.82, 2.24) is 5.32 Å². The molecule has 7 nitrogen and oxygen atoms in total. The molecule has 0 aliphatic rings. The molecule has 0 aliphatic heterocycles. The molecule has 1 unspecified atom stereocenters. The Morgan fingerprint density at radius 2 is 1.82 bits per heavy atom. The van der Waals surface area contributed by atoms with Crippen LogP contribution in [-0.2, 0) is 22.5 Å². The van der Waals surface area contributed by atoms with Gasteiger partial charge in [0, 0.05) is 25.1 Å². The fraction of sp³-hybridized carbons (Fsp3) is 0.440. The van der Waals surface area contributed by atoms with Crippen molar-refractivity contribution in [3.05, 3.63) is 58.1 Å². The molecule has 0 radical (unpaired) electrons. The first-order valence-corrected chi connectivity index (χ1v) is 11.6. The zero-order chi connectivity index (χ0) is 24.2. The van der Waals surface area contributed by atoms with E-state index in [2.05, 4.69) is 5.32 Å². The first-order valence-electron chi connectivity index (χ1n) is 11.2. The zero-order valence-corrected chi connectivity index (χ0v) is 20.1. The summed E-state index contributed by atoms with van der Waals surface area (Å²) in [6, 6.07) is 10.4. The number of hydrogen-bond acceptors (Lipinski definition) is 5. The molecule has 1 amide bonds. The number of carbonyl (C=O) groups excluding carboxylic acids is 1. The van der Waals surface area contributed by atoms with Gasteiger partial charge in [0.05, 0.1) is 23.8 Å². The average molecular weight is 478 g/mol. The van der Waals surface area contributed by atoms with Gasteiger partial charge >= 0.3 is 5.97 Å². The Bertz CT molecular complexity index is 933. The van der Waals surface area contributed by atoms with Crippen molar-refractivity contribution in [2.24, 2.45) is 0 Å². The van der Waals surface area contributed by atoms with Crippen LogP contribution in [0.1, 0.15) is 55.1 Å². The van der Waals surface area contributed by atoms with E-state index < -0.39 is 12.1 Å². The molecule has 180 valence electrons. The highest BCUT2D eigenvalue weighted by Crippen LogP contribution is 2.24. The van der Waals surface area contributed by atoms with Crippen molar-refractivity contribution in [1.29, 1.82) is 0 Å². The molecule has 2 rings (SSSR count). The maximum atomic E-state index is 12.7. The van der Waals surface area contributed by atoms with Gasteiger partial charge in [-0.25, -0.2) is 4.79 Å². The number of carboxylic acid groups (broad SMARTS) is 1. The molecular weight excluding hydrogens is 446 g/mol. The largest absolute Gasteiger partial charge is 0.494 e. The van der Waals surface area contributed by atoms with E-state index in [4.69, 9.17) is 25.8 Å². The van der Waals surface area contributed by atoms with Crippen LogP contribution in [0.25, 0.3) is 0 Å². The van der Waals surface area contributed by atoms with Gasteiger partial charge in [-0.05, 0) is 50.1 Å². The number of unbranched alkanes of at least 4 members (excludes halogenated alkanes) is 1. The number of aliphatic carboxylic acids is 1. The lowest BCUT2D eigenvalue weighted by atomic mass is 10.0. The van der Waals surface area contributed by atoms with Crippen LogP contribution in [0.3, 0.4) is 0 Å². The number of carbonyl (C=O) groups is 2. The van der Waals surface area contributed by atoms with Crippen LogP contribution in [-0.4, -0.2) is 42.9 Å². The molecule has 2 N–H and O–H groups in total. The minimum atomic E-state index is -1.00. The van der Waals surface area contributed by atoms with E-state index in [0.29, 0.717) is 41.9 Å².